The smallest absolute Gasteiger partial charge is 1.00 e. The van der Waals surface area contributed by atoms with E-state index >= 15 is 0 Å². The fourth-order valence-electron chi connectivity index (χ4n) is 2.66. The molecule has 1 N–H and O–H groups in total. The molecule has 0 heterocycles. The maximum absolute atomic E-state index is 8.67. The van der Waals surface area contributed by atoms with Crippen molar-refractivity contribution < 1.29 is 7.96 Å². The summed E-state index contributed by atoms with van der Waals surface area (Å²) in [5.41, 5.74) is 0. The van der Waals surface area contributed by atoms with E-state index in [0.29, 0.717) is 6.61 Å². The van der Waals surface area contributed by atoms with Crippen molar-refractivity contribution in [1.82, 2.24) is 0 Å². The quantitative estimate of drug-likeness (QED) is 0.270. The summed E-state index contributed by atoms with van der Waals surface area (Å²) < 4.78 is 0. The molecule has 20 heavy (non-hydrogen) atoms. The fraction of sp³-hybridized carbons (Fsp3) is 1.00. The Morgan fingerprint density at radius 1 is 0.500 bits per heavy atom. The van der Waals surface area contributed by atoms with Gasteiger partial charge < -0.3 is 7.96 Å². The minimum atomic E-state index is 0. The molecule has 120 valence electrons. The van der Waals surface area contributed by atoms with Crippen LogP contribution in [-0.4, -0.2) is 49.5 Å². The van der Waals surface area contributed by atoms with E-state index in [2.05, 4.69) is 6.92 Å². The standard InChI is InChI=1S/C18H38O.Ca.2H/c1-2-3-4-5-6-7-8-9-10-11-12-13-14-15-16-17-18-19;;;/h19H,2-18H2,1H3;;;/q;+2;2*-1. The summed E-state index contributed by atoms with van der Waals surface area (Å²) >= 11 is 0. The van der Waals surface area contributed by atoms with Crippen LogP contribution in [0.3, 0.4) is 0 Å². The molecule has 0 radical (unpaired) electrons. The third kappa shape index (κ3) is 21.5. The predicted molar refractivity (Wildman–Crippen MR) is 94.6 cm³/mol. The van der Waals surface area contributed by atoms with Crippen LogP contribution in [0.15, 0.2) is 0 Å². The van der Waals surface area contributed by atoms with E-state index in [9.17, 15) is 0 Å². The second-order valence-electron chi connectivity index (χ2n) is 6.03. The van der Waals surface area contributed by atoms with E-state index in [0.717, 1.165) is 6.42 Å². The first-order chi connectivity index (χ1) is 9.41. The summed E-state index contributed by atoms with van der Waals surface area (Å²) in [6, 6.07) is 0. The van der Waals surface area contributed by atoms with E-state index in [1.54, 1.807) is 0 Å². The second kappa shape index (κ2) is 22.5. The molecule has 0 rings (SSSR count). The Morgan fingerprint density at radius 2 is 0.750 bits per heavy atom. The van der Waals surface area contributed by atoms with Gasteiger partial charge in [0.25, 0.3) is 0 Å². The topological polar surface area (TPSA) is 20.2 Å². The van der Waals surface area contributed by atoms with Crippen molar-refractivity contribution in [2.45, 2.75) is 110 Å². The van der Waals surface area contributed by atoms with E-state index in [4.69, 9.17) is 5.11 Å². The first-order valence-corrected chi connectivity index (χ1v) is 9.02. The van der Waals surface area contributed by atoms with Crippen LogP contribution < -0.4 is 0 Å². The van der Waals surface area contributed by atoms with Crippen LogP contribution in [0.1, 0.15) is 113 Å². The third-order valence-corrected chi connectivity index (χ3v) is 4.01. The summed E-state index contributed by atoms with van der Waals surface area (Å²) in [4.78, 5) is 0. The van der Waals surface area contributed by atoms with Gasteiger partial charge >= 0.3 is 37.7 Å². The Balaban J connectivity index is -0.000000540. The Morgan fingerprint density at radius 3 is 1.00 bits per heavy atom. The average molecular weight is 313 g/mol. The van der Waals surface area contributed by atoms with Gasteiger partial charge in [0.2, 0.25) is 0 Å². The van der Waals surface area contributed by atoms with Crippen molar-refractivity contribution in [2.75, 3.05) is 6.61 Å². The van der Waals surface area contributed by atoms with Gasteiger partial charge in [-0.15, -0.1) is 0 Å². The number of unbranched alkanes of at least 4 members (excludes halogenated alkanes) is 15. The normalized spacial score (nSPS) is 10.5. The van der Waals surface area contributed by atoms with Gasteiger partial charge in [-0.2, -0.15) is 0 Å². The van der Waals surface area contributed by atoms with Gasteiger partial charge in [0, 0.05) is 6.61 Å². The van der Waals surface area contributed by atoms with Gasteiger partial charge in [-0.1, -0.05) is 103 Å². The molecule has 0 bridgehead atoms. The molecule has 0 aliphatic carbocycles. The molecule has 0 saturated carbocycles. The van der Waals surface area contributed by atoms with E-state index in [1.807, 2.05) is 0 Å². The van der Waals surface area contributed by atoms with Crippen molar-refractivity contribution in [1.29, 1.82) is 0 Å². The van der Waals surface area contributed by atoms with E-state index in [-0.39, 0.29) is 40.6 Å². The Kier molecular flexibility index (Phi) is 26.4. The van der Waals surface area contributed by atoms with E-state index in [1.165, 1.54) is 96.3 Å². The zero-order valence-corrected chi connectivity index (χ0v) is 16.4. The molecule has 0 aliphatic heterocycles. The van der Waals surface area contributed by atoms with Gasteiger partial charge in [-0.3, -0.25) is 0 Å². The molecule has 0 aromatic carbocycles. The summed E-state index contributed by atoms with van der Waals surface area (Å²) in [6.07, 6.45) is 22.2. The number of rotatable bonds is 16. The second-order valence-corrected chi connectivity index (χ2v) is 6.03. The van der Waals surface area contributed by atoms with Crippen molar-refractivity contribution in [3.05, 3.63) is 0 Å². The SMILES string of the molecule is CCCCCCCCCCCCCCCCCCO.[Ca+2].[H-].[H-]. The zero-order chi connectivity index (χ0) is 14.0. The van der Waals surface area contributed by atoms with Crippen LogP contribution in [0.4, 0.5) is 0 Å². The summed E-state index contributed by atoms with van der Waals surface area (Å²) in [7, 11) is 0. The molecular formula is C18H40CaO. The van der Waals surface area contributed by atoms with Crippen molar-refractivity contribution in [3.63, 3.8) is 0 Å². The number of aliphatic hydroxyl groups is 1. The van der Waals surface area contributed by atoms with Crippen LogP contribution in [0.2, 0.25) is 0 Å². The van der Waals surface area contributed by atoms with Crippen LogP contribution in [0, 0.1) is 0 Å². The van der Waals surface area contributed by atoms with Crippen LogP contribution in [0.5, 0.6) is 0 Å². The third-order valence-electron chi connectivity index (χ3n) is 4.01. The van der Waals surface area contributed by atoms with Crippen molar-refractivity contribution in [3.8, 4) is 0 Å². The summed E-state index contributed by atoms with van der Waals surface area (Å²) in [5.74, 6) is 0. The predicted octanol–water partition coefficient (Wildman–Crippen LogP) is 6.08. The van der Waals surface area contributed by atoms with Crippen LogP contribution in [0.25, 0.3) is 0 Å². The molecule has 1 nitrogen and oxygen atoms in total. The number of hydrogen-bond acceptors (Lipinski definition) is 1. The molecule has 2 heteroatoms. The number of hydrogen-bond donors (Lipinski definition) is 1. The van der Waals surface area contributed by atoms with Gasteiger partial charge in [0.1, 0.15) is 0 Å². The molecule has 0 saturated heterocycles. The first kappa shape index (κ1) is 23.5. The largest absolute Gasteiger partial charge is 2.00 e. The minimum absolute atomic E-state index is 0. The molecule has 0 fully saturated rings. The zero-order valence-electron chi connectivity index (χ0n) is 16.2. The van der Waals surface area contributed by atoms with Crippen LogP contribution in [-0.2, 0) is 0 Å². The molecule has 0 aromatic heterocycles. The molecule has 0 aliphatic rings. The van der Waals surface area contributed by atoms with Crippen molar-refractivity contribution >= 4 is 37.7 Å². The molecule has 0 unspecified atom stereocenters. The van der Waals surface area contributed by atoms with E-state index < -0.39 is 0 Å². The summed E-state index contributed by atoms with van der Waals surface area (Å²) in [6.45, 7) is 2.66. The molecular weight excluding hydrogens is 272 g/mol. The van der Waals surface area contributed by atoms with Gasteiger partial charge in [-0.25, -0.2) is 0 Å². The van der Waals surface area contributed by atoms with Gasteiger partial charge in [-0.05, 0) is 6.42 Å². The average Bonchev–Trinajstić information content (AvgIpc) is 2.43. The molecule has 0 spiro atoms. The molecule has 0 aromatic rings. The Labute approximate surface area is 161 Å². The molecule has 0 atom stereocenters. The maximum Gasteiger partial charge on any atom is 2.00 e. The fourth-order valence-corrected chi connectivity index (χ4v) is 2.66. The maximum atomic E-state index is 8.67. The van der Waals surface area contributed by atoms with Gasteiger partial charge in [0.15, 0.2) is 0 Å². The Bertz CT molecular complexity index is 144. The van der Waals surface area contributed by atoms with Crippen LogP contribution >= 0.6 is 0 Å². The van der Waals surface area contributed by atoms with Gasteiger partial charge in [0.05, 0.1) is 0 Å². The minimum Gasteiger partial charge on any atom is -1.00 e. The van der Waals surface area contributed by atoms with Crippen molar-refractivity contribution in [2.24, 2.45) is 0 Å². The summed E-state index contributed by atoms with van der Waals surface area (Å²) in [5, 5.41) is 8.67. The number of aliphatic hydroxyl groups excluding tert-OH is 1. The monoisotopic (exact) mass is 312 g/mol. The molecule has 0 amide bonds. The Hall–Kier alpha value is 1.22. The first-order valence-electron chi connectivity index (χ1n) is 9.02.